The van der Waals surface area contributed by atoms with Gasteiger partial charge < -0.3 is 10.3 Å². The van der Waals surface area contributed by atoms with E-state index >= 15 is 0 Å². The molecule has 26 heavy (non-hydrogen) atoms. The number of benzene rings is 3. The Balaban J connectivity index is 1.84. The molecule has 1 aliphatic rings. The van der Waals surface area contributed by atoms with Crippen molar-refractivity contribution in [3.8, 4) is 11.1 Å². The highest BCUT2D eigenvalue weighted by molar-refractivity contribution is 5.98. The molecular formula is C24H22N2. The number of aromatic amines is 1. The Kier molecular flexibility index (Phi) is 3.65. The van der Waals surface area contributed by atoms with Crippen LogP contribution in [0.1, 0.15) is 24.1 Å². The fourth-order valence-electron chi connectivity index (χ4n) is 4.44. The number of para-hydroxylation sites is 1. The number of rotatable bonds is 3. The van der Waals surface area contributed by atoms with Gasteiger partial charge in [0.1, 0.15) is 0 Å². The molecular weight excluding hydrogens is 316 g/mol. The first-order valence-corrected chi connectivity index (χ1v) is 9.36. The van der Waals surface area contributed by atoms with Crippen molar-refractivity contribution in [2.75, 3.05) is 6.54 Å². The summed E-state index contributed by atoms with van der Waals surface area (Å²) in [7, 11) is 0. The summed E-state index contributed by atoms with van der Waals surface area (Å²) in [6, 6.07) is 30.3. The summed E-state index contributed by atoms with van der Waals surface area (Å²) in [5.41, 5.74) is 6.24. The number of hydrogen-bond donors (Lipinski definition) is 2. The second-order valence-electron chi connectivity index (χ2n) is 7.09. The SMILES string of the molecule is c1ccc(-c2c(C3(c4ccccc4)CCCN3)[nH]c3ccccc23)cc1. The van der Waals surface area contributed by atoms with Crippen LogP contribution >= 0.6 is 0 Å². The van der Waals surface area contributed by atoms with E-state index in [1.54, 1.807) is 0 Å². The monoisotopic (exact) mass is 338 g/mol. The molecule has 0 bridgehead atoms. The Morgan fingerprint density at radius 3 is 2.15 bits per heavy atom. The first-order valence-electron chi connectivity index (χ1n) is 9.36. The smallest absolute Gasteiger partial charge is 0.0848 e. The lowest BCUT2D eigenvalue weighted by Gasteiger charge is -2.31. The molecule has 1 aromatic heterocycles. The quantitative estimate of drug-likeness (QED) is 0.510. The van der Waals surface area contributed by atoms with Crippen LogP contribution in [0, 0.1) is 0 Å². The Bertz CT molecular complexity index is 1030. The van der Waals surface area contributed by atoms with E-state index < -0.39 is 0 Å². The van der Waals surface area contributed by atoms with Crippen LogP contribution in [0.5, 0.6) is 0 Å². The lowest BCUT2D eigenvalue weighted by atomic mass is 9.82. The van der Waals surface area contributed by atoms with Crippen LogP contribution in [0.4, 0.5) is 0 Å². The van der Waals surface area contributed by atoms with Crippen molar-refractivity contribution in [3.63, 3.8) is 0 Å². The van der Waals surface area contributed by atoms with Crippen LogP contribution < -0.4 is 5.32 Å². The molecule has 1 atom stereocenters. The van der Waals surface area contributed by atoms with E-state index in [2.05, 4.69) is 95.2 Å². The van der Waals surface area contributed by atoms with Gasteiger partial charge in [-0.25, -0.2) is 0 Å². The summed E-state index contributed by atoms with van der Waals surface area (Å²) in [6.45, 7) is 1.04. The molecule has 0 aliphatic carbocycles. The minimum atomic E-state index is -0.161. The second kappa shape index (κ2) is 6.15. The summed E-state index contributed by atoms with van der Waals surface area (Å²) in [4.78, 5) is 3.78. The number of aromatic nitrogens is 1. The molecule has 2 heteroatoms. The van der Waals surface area contributed by atoms with Gasteiger partial charge in [0.25, 0.3) is 0 Å². The summed E-state index contributed by atoms with van der Waals surface area (Å²) in [5.74, 6) is 0. The standard InChI is InChI=1S/C24H22N2/c1-3-10-18(11-4-1)22-20-14-7-8-15-21(20)26-23(22)24(16-9-17-25-24)19-12-5-2-6-13-19/h1-8,10-15,25-26H,9,16-17H2. The maximum absolute atomic E-state index is 3.84. The van der Waals surface area contributed by atoms with E-state index in [0.717, 1.165) is 13.0 Å². The number of nitrogens with one attached hydrogen (secondary N) is 2. The van der Waals surface area contributed by atoms with Gasteiger partial charge in [-0.2, -0.15) is 0 Å². The van der Waals surface area contributed by atoms with Gasteiger partial charge in [0.05, 0.1) is 5.54 Å². The van der Waals surface area contributed by atoms with Gasteiger partial charge >= 0.3 is 0 Å². The summed E-state index contributed by atoms with van der Waals surface area (Å²) in [6.07, 6.45) is 2.28. The van der Waals surface area contributed by atoms with Crippen LogP contribution in [0.25, 0.3) is 22.0 Å². The minimum Gasteiger partial charge on any atom is -0.356 e. The van der Waals surface area contributed by atoms with Crippen LogP contribution in [-0.2, 0) is 5.54 Å². The highest BCUT2D eigenvalue weighted by Gasteiger charge is 2.40. The van der Waals surface area contributed by atoms with Crippen molar-refractivity contribution in [3.05, 3.63) is 96.2 Å². The summed E-state index contributed by atoms with van der Waals surface area (Å²) < 4.78 is 0. The Labute approximate surface area is 153 Å². The lowest BCUT2D eigenvalue weighted by Crippen LogP contribution is -2.38. The van der Waals surface area contributed by atoms with Crippen LogP contribution in [-0.4, -0.2) is 11.5 Å². The molecule has 1 fully saturated rings. The number of H-pyrrole nitrogens is 1. The Morgan fingerprint density at radius 1 is 0.731 bits per heavy atom. The average Bonchev–Trinajstić information content (AvgIpc) is 3.35. The van der Waals surface area contributed by atoms with Crippen molar-refractivity contribution in [1.82, 2.24) is 10.3 Å². The van der Waals surface area contributed by atoms with E-state index in [4.69, 9.17) is 0 Å². The molecule has 0 saturated carbocycles. The van der Waals surface area contributed by atoms with Gasteiger partial charge in [0, 0.05) is 22.2 Å². The first kappa shape index (κ1) is 15.4. The largest absolute Gasteiger partial charge is 0.356 e. The predicted octanol–water partition coefficient (Wildman–Crippen LogP) is 5.46. The fraction of sp³-hybridized carbons (Fsp3) is 0.167. The van der Waals surface area contributed by atoms with E-state index in [9.17, 15) is 0 Å². The number of fused-ring (bicyclic) bond motifs is 1. The molecule has 2 nitrogen and oxygen atoms in total. The maximum Gasteiger partial charge on any atom is 0.0848 e. The molecule has 0 radical (unpaired) electrons. The highest BCUT2D eigenvalue weighted by Crippen LogP contribution is 2.44. The molecule has 5 rings (SSSR count). The fourth-order valence-corrected chi connectivity index (χ4v) is 4.44. The van der Waals surface area contributed by atoms with Gasteiger partial charge in [-0.3, -0.25) is 0 Å². The molecule has 2 N–H and O–H groups in total. The molecule has 0 amide bonds. The van der Waals surface area contributed by atoms with Gasteiger partial charge in [-0.05, 0) is 36.6 Å². The molecule has 4 aromatic rings. The van der Waals surface area contributed by atoms with E-state index in [0.29, 0.717) is 0 Å². The molecule has 128 valence electrons. The third kappa shape index (κ3) is 2.30. The zero-order chi connectivity index (χ0) is 17.4. The third-order valence-corrected chi connectivity index (χ3v) is 5.62. The van der Waals surface area contributed by atoms with Crippen LogP contribution in [0.2, 0.25) is 0 Å². The van der Waals surface area contributed by atoms with Crippen molar-refractivity contribution in [2.24, 2.45) is 0 Å². The Morgan fingerprint density at radius 2 is 1.42 bits per heavy atom. The molecule has 2 heterocycles. The van der Waals surface area contributed by atoms with Crippen molar-refractivity contribution < 1.29 is 0 Å². The highest BCUT2D eigenvalue weighted by atomic mass is 15.0. The van der Waals surface area contributed by atoms with Crippen molar-refractivity contribution in [1.29, 1.82) is 0 Å². The molecule has 1 aliphatic heterocycles. The minimum absolute atomic E-state index is 0.161. The summed E-state index contributed by atoms with van der Waals surface area (Å²) >= 11 is 0. The molecule has 0 spiro atoms. The van der Waals surface area contributed by atoms with Gasteiger partial charge in [-0.15, -0.1) is 0 Å². The summed E-state index contributed by atoms with van der Waals surface area (Å²) in [5, 5.41) is 5.13. The Hall–Kier alpha value is -2.84. The topological polar surface area (TPSA) is 27.8 Å². The zero-order valence-corrected chi connectivity index (χ0v) is 14.7. The normalized spacial score (nSPS) is 19.8. The van der Waals surface area contributed by atoms with Crippen molar-refractivity contribution >= 4 is 10.9 Å². The van der Waals surface area contributed by atoms with Crippen molar-refractivity contribution in [2.45, 2.75) is 18.4 Å². The molecule has 1 saturated heterocycles. The van der Waals surface area contributed by atoms with Crippen LogP contribution in [0.3, 0.4) is 0 Å². The first-order chi connectivity index (χ1) is 12.9. The van der Waals surface area contributed by atoms with Gasteiger partial charge in [0.15, 0.2) is 0 Å². The van der Waals surface area contributed by atoms with E-state index in [1.165, 1.54) is 39.7 Å². The average molecular weight is 338 g/mol. The molecule has 1 unspecified atom stereocenters. The lowest BCUT2D eigenvalue weighted by molar-refractivity contribution is 0.466. The third-order valence-electron chi connectivity index (χ3n) is 5.62. The number of hydrogen-bond acceptors (Lipinski definition) is 1. The van der Waals surface area contributed by atoms with Gasteiger partial charge in [0.2, 0.25) is 0 Å². The van der Waals surface area contributed by atoms with E-state index in [-0.39, 0.29) is 5.54 Å². The molecule has 3 aromatic carbocycles. The predicted molar refractivity (Wildman–Crippen MR) is 108 cm³/mol. The second-order valence-corrected chi connectivity index (χ2v) is 7.09. The van der Waals surface area contributed by atoms with E-state index in [1.807, 2.05) is 0 Å². The van der Waals surface area contributed by atoms with Crippen LogP contribution in [0.15, 0.2) is 84.9 Å². The van der Waals surface area contributed by atoms with Gasteiger partial charge in [-0.1, -0.05) is 78.9 Å². The maximum atomic E-state index is 3.84. The zero-order valence-electron chi connectivity index (χ0n) is 14.7.